The number of anilines is 5. The molecule has 0 amide bonds. The van der Waals surface area contributed by atoms with E-state index in [4.69, 9.17) is 20.8 Å². The molecule has 0 atom stereocenters. The van der Waals surface area contributed by atoms with Gasteiger partial charge in [-0.15, -0.1) is 0 Å². The van der Waals surface area contributed by atoms with E-state index >= 15 is 0 Å². The summed E-state index contributed by atoms with van der Waals surface area (Å²) in [6.45, 7) is 0. The van der Waals surface area contributed by atoms with E-state index in [0.29, 0.717) is 34.2 Å². The molecule has 3 aromatic carbocycles. The van der Waals surface area contributed by atoms with Crippen LogP contribution in [0.3, 0.4) is 0 Å². The maximum absolute atomic E-state index is 13.5. The van der Waals surface area contributed by atoms with Crippen molar-refractivity contribution in [2.45, 2.75) is 0 Å². The van der Waals surface area contributed by atoms with Gasteiger partial charge < -0.3 is 19.8 Å². The normalized spacial score (nSPS) is 10.9. The van der Waals surface area contributed by atoms with Crippen molar-refractivity contribution in [3.63, 3.8) is 0 Å². The van der Waals surface area contributed by atoms with E-state index in [1.165, 1.54) is 42.6 Å². The highest BCUT2D eigenvalue weighted by atomic mass is 35.5. The Morgan fingerprint density at radius 1 is 0.927 bits per heavy atom. The molecule has 0 fully saturated rings. The Morgan fingerprint density at radius 2 is 1.56 bits per heavy atom. The monoisotopic (exact) mass is 574 g/mol. The Labute approximate surface area is 237 Å². The number of halogens is 2. The highest BCUT2D eigenvalue weighted by Gasteiger charge is 2.10. The van der Waals surface area contributed by atoms with Gasteiger partial charge >= 0.3 is 0 Å². The zero-order valence-electron chi connectivity index (χ0n) is 21.2. The summed E-state index contributed by atoms with van der Waals surface area (Å²) in [6.07, 6.45) is 1.42. The van der Waals surface area contributed by atoms with Gasteiger partial charge in [-0.05, 0) is 66.7 Å². The minimum Gasteiger partial charge on any atom is -0.497 e. The lowest BCUT2D eigenvalue weighted by molar-refractivity contribution is -0.384. The predicted octanol–water partition coefficient (Wildman–Crippen LogP) is 6.77. The zero-order valence-corrected chi connectivity index (χ0v) is 22.0. The van der Waals surface area contributed by atoms with E-state index in [1.807, 2.05) is 0 Å². The minimum absolute atomic E-state index is 0.0113. The SMILES string of the molecule is COc1ccc(Nc2nc(NN=Cc3ccc(-c4ccc(F)c(Cl)c4)o3)nc(Nc3ccc([N+](=O)[O-])cc3)n2)cc1. The molecular weight excluding hydrogens is 555 g/mol. The van der Waals surface area contributed by atoms with Gasteiger partial charge in [-0.3, -0.25) is 10.1 Å². The Kier molecular flexibility index (Phi) is 7.97. The van der Waals surface area contributed by atoms with Crippen LogP contribution in [0, 0.1) is 15.9 Å². The van der Waals surface area contributed by atoms with E-state index in [1.54, 1.807) is 49.6 Å². The average Bonchev–Trinajstić information content (AvgIpc) is 3.44. The number of hydrogen-bond acceptors (Lipinski definition) is 11. The lowest BCUT2D eigenvalue weighted by Crippen LogP contribution is -2.07. The molecule has 0 bridgehead atoms. The van der Waals surface area contributed by atoms with E-state index < -0.39 is 10.7 Å². The second-order valence-electron chi connectivity index (χ2n) is 8.29. The smallest absolute Gasteiger partial charge is 0.269 e. The number of hydrazone groups is 1. The van der Waals surface area contributed by atoms with E-state index in [2.05, 4.69) is 36.1 Å². The van der Waals surface area contributed by atoms with Gasteiger partial charge in [-0.1, -0.05) is 11.6 Å². The molecule has 0 saturated carbocycles. The van der Waals surface area contributed by atoms with Crippen LogP contribution in [0.15, 0.2) is 88.4 Å². The number of rotatable bonds is 10. The van der Waals surface area contributed by atoms with Gasteiger partial charge in [0.2, 0.25) is 17.8 Å². The lowest BCUT2D eigenvalue weighted by Gasteiger charge is -2.10. The van der Waals surface area contributed by atoms with E-state index in [9.17, 15) is 14.5 Å². The van der Waals surface area contributed by atoms with Crippen molar-refractivity contribution in [1.29, 1.82) is 0 Å². The third-order valence-corrected chi connectivity index (χ3v) is 5.79. The predicted molar refractivity (Wildman–Crippen MR) is 153 cm³/mol. The molecular formula is C27H20ClFN8O4. The molecule has 14 heteroatoms. The van der Waals surface area contributed by atoms with Gasteiger partial charge in [0.05, 0.1) is 23.3 Å². The Balaban J connectivity index is 1.35. The van der Waals surface area contributed by atoms with Crippen molar-refractivity contribution in [3.05, 3.63) is 106 Å². The highest BCUT2D eigenvalue weighted by molar-refractivity contribution is 6.31. The van der Waals surface area contributed by atoms with E-state index in [0.717, 1.165) is 0 Å². The van der Waals surface area contributed by atoms with Gasteiger partial charge in [0.1, 0.15) is 23.1 Å². The van der Waals surface area contributed by atoms with Crippen LogP contribution in [0.5, 0.6) is 5.75 Å². The molecule has 5 aromatic rings. The standard InChI is InChI=1S/C27H20ClFN8O4/c1-40-20-9-5-18(6-10-20)32-26-33-25(31-17-3-7-19(8-4-17)37(38)39)34-27(35-26)36-30-15-21-11-13-24(41-21)16-2-12-23(29)22(28)14-16/h2-15H,1H3,(H3,31,32,33,34,35,36). The number of ether oxygens (including phenoxy) is 1. The topological polar surface area (TPSA) is 153 Å². The molecule has 0 spiro atoms. The summed E-state index contributed by atoms with van der Waals surface area (Å²) in [5, 5.41) is 21.2. The molecule has 0 aliphatic rings. The second kappa shape index (κ2) is 12.1. The number of furan rings is 1. The molecule has 5 rings (SSSR count). The first-order chi connectivity index (χ1) is 19.9. The number of nitro benzene ring substituents is 1. The van der Waals surface area contributed by atoms with Crippen molar-refractivity contribution >= 4 is 52.7 Å². The summed E-state index contributed by atoms with van der Waals surface area (Å²) in [7, 11) is 1.57. The van der Waals surface area contributed by atoms with Gasteiger partial charge in [-0.2, -0.15) is 20.1 Å². The van der Waals surface area contributed by atoms with Crippen molar-refractivity contribution < 1.29 is 18.5 Å². The molecule has 12 nitrogen and oxygen atoms in total. The Morgan fingerprint density at radius 3 is 2.17 bits per heavy atom. The quantitative estimate of drug-likeness (QED) is 0.0924. The van der Waals surface area contributed by atoms with Crippen LogP contribution in [-0.4, -0.2) is 33.2 Å². The molecule has 0 aliphatic carbocycles. The van der Waals surface area contributed by atoms with Crippen LogP contribution in [0.25, 0.3) is 11.3 Å². The first-order valence-electron chi connectivity index (χ1n) is 11.9. The van der Waals surface area contributed by atoms with Gasteiger partial charge in [0.15, 0.2) is 0 Å². The number of hydrogen-bond donors (Lipinski definition) is 3. The van der Waals surface area contributed by atoms with Crippen molar-refractivity contribution in [2.75, 3.05) is 23.2 Å². The van der Waals surface area contributed by atoms with Gasteiger partial charge in [-0.25, -0.2) is 9.82 Å². The zero-order chi connectivity index (χ0) is 28.8. The number of aromatic nitrogens is 3. The number of methoxy groups -OCH3 is 1. The number of benzene rings is 3. The maximum Gasteiger partial charge on any atom is 0.269 e. The van der Waals surface area contributed by atoms with Crippen LogP contribution in [0.2, 0.25) is 5.02 Å². The fourth-order valence-corrected chi connectivity index (χ4v) is 3.70. The van der Waals surface area contributed by atoms with Crippen LogP contribution >= 0.6 is 11.6 Å². The Hall–Kier alpha value is -5.56. The molecule has 2 aromatic heterocycles. The number of non-ortho nitro benzene ring substituents is 1. The first-order valence-corrected chi connectivity index (χ1v) is 12.3. The molecule has 0 unspecified atom stereocenters. The molecule has 0 aliphatic heterocycles. The summed E-state index contributed by atoms with van der Waals surface area (Å²) < 4.78 is 24.4. The lowest BCUT2D eigenvalue weighted by atomic mass is 10.2. The molecule has 0 saturated heterocycles. The largest absolute Gasteiger partial charge is 0.497 e. The molecule has 3 N–H and O–H groups in total. The maximum atomic E-state index is 13.5. The summed E-state index contributed by atoms with van der Waals surface area (Å²) in [5.41, 5.74) is 4.52. The van der Waals surface area contributed by atoms with Crippen molar-refractivity contribution in [3.8, 4) is 17.1 Å². The van der Waals surface area contributed by atoms with E-state index in [-0.39, 0.29) is 28.6 Å². The number of nitrogens with one attached hydrogen (secondary N) is 3. The molecule has 41 heavy (non-hydrogen) atoms. The minimum atomic E-state index is -0.520. The summed E-state index contributed by atoms with van der Waals surface area (Å²) in [5.74, 6) is 1.49. The highest BCUT2D eigenvalue weighted by Crippen LogP contribution is 2.26. The van der Waals surface area contributed by atoms with Crippen LogP contribution < -0.4 is 20.8 Å². The molecule has 0 radical (unpaired) electrons. The summed E-state index contributed by atoms with van der Waals surface area (Å²) in [4.78, 5) is 23.5. The Bertz CT molecular complexity index is 1710. The average molecular weight is 575 g/mol. The van der Waals surface area contributed by atoms with Crippen molar-refractivity contribution in [2.24, 2.45) is 5.10 Å². The van der Waals surface area contributed by atoms with Crippen LogP contribution in [0.1, 0.15) is 5.76 Å². The van der Waals surface area contributed by atoms with Crippen molar-refractivity contribution in [1.82, 2.24) is 15.0 Å². The second-order valence-corrected chi connectivity index (χ2v) is 8.70. The number of nitro groups is 1. The van der Waals surface area contributed by atoms with Gasteiger partial charge in [0, 0.05) is 29.1 Å². The van der Waals surface area contributed by atoms with Gasteiger partial charge in [0.25, 0.3) is 5.69 Å². The van der Waals surface area contributed by atoms with Crippen LogP contribution in [-0.2, 0) is 0 Å². The summed E-state index contributed by atoms with van der Waals surface area (Å²) in [6, 6.07) is 20.6. The van der Waals surface area contributed by atoms with Crippen LogP contribution in [0.4, 0.5) is 39.3 Å². The molecule has 206 valence electrons. The fraction of sp³-hybridized carbons (Fsp3) is 0.0370. The third kappa shape index (κ3) is 6.91. The summed E-state index contributed by atoms with van der Waals surface area (Å²) >= 11 is 5.87. The molecule has 2 heterocycles. The third-order valence-electron chi connectivity index (χ3n) is 5.50. The number of nitrogens with zero attached hydrogens (tertiary/aromatic N) is 5. The first kappa shape index (κ1) is 27.0. The fourth-order valence-electron chi connectivity index (χ4n) is 3.52.